The lowest BCUT2D eigenvalue weighted by Crippen LogP contribution is -2.46. The van der Waals surface area contributed by atoms with E-state index in [1.54, 1.807) is 16.2 Å². The Bertz CT molecular complexity index is 786. The Labute approximate surface area is 181 Å². The molecule has 1 aliphatic rings. The Morgan fingerprint density at radius 1 is 1.32 bits per heavy atom. The quantitative estimate of drug-likeness (QED) is 0.741. The third-order valence-corrected chi connectivity index (χ3v) is 5.34. The maximum Gasteiger partial charge on any atom is 0.255 e. The number of nitrogens with zero attached hydrogens (tertiary/aromatic N) is 2. The molecular weight excluding hydrogens is 419 g/mol. The topological polar surface area (TPSA) is 88.3 Å². The van der Waals surface area contributed by atoms with E-state index in [4.69, 9.17) is 5.73 Å². The van der Waals surface area contributed by atoms with Crippen LogP contribution in [-0.2, 0) is 4.79 Å². The number of hydrogen-bond donors (Lipinski definition) is 2. The summed E-state index contributed by atoms with van der Waals surface area (Å²) in [4.78, 5) is 31.5. The molecule has 154 valence electrons. The van der Waals surface area contributed by atoms with Crippen molar-refractivity contribution in [2.45, 2.75) is 19.8 Å². The molecule has 2 amide bonds. The van der Waals surface area contributed by atoms with Gasteiger partial charge in [0.2, 0.25) is 5.91 Å². The molecule has 6 nitrogen and oxygen atoms in total. The molecule has 2 aromatic heterocycles. The van der Waals surface area contributed by atoms with Gasteiger partial charge in [0.1, 0.15) is 0 Å². The minimum atomic E-state index is -0.169. The van der Waals surface area contributed by atoms with Crippen molar-refractivity contribution in [1.82, 2.24) is 15.2 Å². The maximum atomic E-state index is 12.9. The maximum absolute atomic E-state index is 12.9. The Kier molecular flexibility index (Phi) is 9.89. The van der Waals surface area contributed by atoms with E-state index in [1.807, 2.05) is 35.9 Å². The fourth-order valence-electron chi connectivity index (χ4n) is 3.24. The predicted octanol–water partition coefficient (Wildman–Crippen LogP) is 2.89. The van der Waals surface area contributed by atoms with Gasteiger partial charge in [0.25, 0.3) is 5.91 Å². The predicted molar refractivity (Wildman–Crippen MR) is 117 cm³/mol. The summed E-state index contributed by atoms with van der Waals surface area (Å²) >= 11 is 1.62. The van der Waals surface area contributed by atoms with Crippen LogP contribution in [0.25, 0.3) is 11.3 Å². The first-order chi connectivity index (χ1) is 12.6. The molecule has 1 unspecified atom stereocenters. The molecule has 0 aromatic carbocycles. The number of carbonyl (C=O) groups is 2. The van der Waals surface area contributed by atoms with Crippen LogP contribution < -0.4 is 11.1 Å². The zero-order valence-corrected chi connectivity index (χ0v) is 18.2. The average Bonchev–Trinajstić information content (AvgIpc) is 3.20. The van der Waals surface area contributed by atoms with Gasteiger partial charge in [0.05, 0.1) is 22.9 Å². The molecule has 9 heteroatoms. The van der Waals surface area contributed by atoms with Crippen LogP contribution in [0.1, 0.15) is 28.9 Å². The number of thiophene rings is 1. The summed E-state index contributed by atoms with van der Waals surface area (Å²) in [6, 6.07) is 5.75. The molecule has 0 radical (unpaired) electrons. The Morgan fingerprint density at radius 3 is 2.75 bits per heavy atom. The SMILES string of the molecule is Cc1nc(-c2ccsc2)ccc1C(=O)N1CCCC(C(=O)NCCN)C1.Cl.Cl. The smallest absolute Gasteiger partial charge is 0.255 e. The highest BCUT2D eigenvalue weighted by molar-refractivity contribution is 7.08. The highest BCUT2D eigenvalue weighted by Crippen LogP contribution is 2.24. The van der Waals surface area contributed by atoms with Crippen molar-refractivity contribution in [3.8, 4) is 11.3 Å². The molecule has 28 heavy (non-hydrogen) atoms. The van der Waals surface area contributed by atoms with Crippen LogP contribution in [0.2, 0.25) is 0 Å². The monoisotopic (exact) mass is 444 g/mol. The minimum Gasteiger partial charge on any atom is -0.355 e. The van der Waals surface area contributed by atoms with Gasteiger partial charge in [-0.1, -0.05) is 0 Å². The number of aryl methyl sites for hydroxylation is 1. The lowest BCUT2D eigenvalue weighted by molar-refractivity contribution is -0.126. The normalized spacial score (nSPS) is 15.9. The van der Waals surface area contributed by atoms with Crippen LogP contribution >= 0.6 is 36.2 Å². The van der Waals surface area contributed by atoms with Crippen molar-refractivity contribution in [2.24, 2.45) is 11.7 Å². The third-order valence-electron chi connectivity index (χ3n) is 4.66. The van der Waals surface area contributed by atoms with E-state index in [1.165, 1.54) is 0 Å². The number of halogens is 2. The van der Waals surface area contributed by atoms with Gasteiger partial charge < -0.3 is 16.0 Å². The number of rotatable bonds is 5. The minimum absolute atomic E-state index is 0. The van der Waals surface area contributed by atoms with Crippen LogP contribution in [0.5, 0.6) is 0 Å². The van der Waals surface area contributed by atoms with E-state index in [0.717, 1.165) is 24.1 Å². The number of nitrogens with two attached hydrogens (primary N) is 1. The number of piperidine rings is 1. The highest BCUT2D eigenvalue weighted by Gasteiger charge is 2.29. The summed E-state index contributed by atoms with van der Waals surface area (Å²) in [5, 5.41) is 6.87. The number of aromatic nitrogens is 1. The lowest BCUT2D eigenvalue weighted by Gasteiger charge is -2.32. The summed E-state index contributed by atoms with van der Waals surface area (Å²) in [5.41, 5.74) is 8.69. The van der Waals surface area contributed by atoms with E-state index >= 15 is 0 Å². The first-order valence-electron chi connectivity index (χ1n) is 8.87. The summed E-state index contributed by atoms with van der Waals surface area (Å²) in [5.74, 6) is -0.239. The van der Waals surface area contributed by atoms with Crippen molar-refractivity contribution in [3.05, 3.63) is 40.2 Å². The fourth-order valence-corrected chi connectivity index (χ4v) is 3.89. The lowest BCUT2D eigenvalue weighted by atomic mass is 9.96. The van der Waals surface area contributed by atoms with Gasteiger partial charge >= 0.3 is 0 Å². The van der Waals surface area contributed by atoms with E-state index in [0.29, 0.717) is 37.4 Å². The second kappa shape index (κ2) is 11.4. The van der Waals surface area contributed by atoms with Gasteiger partial charge in [0, 0.05) is 37.1 Å². The molecule has 0 spiro atoms. The third kappa shape index (κ3) is 5.67. The number of pyridine rings is 1. The van der Waals surface area contributed by atoms with E-state index < -0.39 is 0 Å². The van der Waals surface area contributed by atoms with Crippen LogP contribution in [0.4, 0.5) is 0 Å². The van der Waals surface area contributed by atoms with Crippen molar-refractivity contribution in [3.63, 3.8) is 0 Å². The molecule has 3 N–H and O–H groups in total. The van der Waals surface area contributed by atoms with Crippen molar-refractivity contribution >= 4 is 48.0 Å². The van der Waals surface area contributed by atoms with E-state index in [2.05, 4.69) is 10.3 Å². The first-order valence-corrected chi connectivity index (χ1v) is 9.81. The Morgan fingerprint density at radius 2 is 2.11 bits per heavy atom. The van der Waals surface area contributed by atoms with Crippen LogP contribution in [0.15, 0.2) is 29.0 Å². The average molecular weight is 445 g/mol. The number of amides is 2. The number of carbonyl (C=O) groups excluding carboxylic acids is 2. The number of likely N-dealkylation sites (tertiary alicyclic amines) is 1. The van der Waals surface area contributed by atoms with Crippen LogP contribution in [-0.4, -0.2) is 47.9 Å². The Hall–Kier alpha value is -1.67. The first kappa shape index (κ1) is 24.4. The van der Waals surface area contributed by atoms with Crippen LogP contribution in [0.3, 0.4) is 0 Å². The fraction of sp³-hybridized carbons (Fsp3) is 0.421. The molecule has 0 bridgehead atoms. The molecule has 2 aromatic rings. The van der Waals surface area contributed by atoms with Gasteiger partial charge in [-0.05, 0) is 43.3 Å². The number of nitrogens with one attached hydrogen (secondary N) is 1. The van der Waals surface area contributed by atoms with Crippen molar-refractivity contribution in [1.29, 1.82) is 0 Å². The highest BCUT2D eigenvalue weighted by atomic mass is 35.5. The summed E-state index contributed by atoms with van der Waals surface area (Å²) in [6.45, 7) is 3.86. The molecule has 1 saturated heterocycles. The van der Waals surface area contributed by atoms with E-state index in [-0.39, 0.29) is 42.5 Å². The summed E-state index contributed by atoms with van der Waals surface area (Å²) in [7, 11) is 0. The Balaban J connectivity index is 0.00000196. The standard InChI is InChI=1S/C19H24N4O2S.2ClH/c1-13-16(4-5-17(22-13)15-6-10-26-12-15)19(25)23-9-2-3-14(11-23)18(24)21-8-7-20;;/h4-6,10,12,14H,2-3,7-9,11,20H2,1H3,(H,21,24);2*1H. The largest absolute Gasteiger partial charge is 0.355 e. The van der Waals surface area contributed by atoms with Gasteiger partial charge in [0.15, 0.2) is 0 Å². The van der Waals surface area contributed by atoms with Gasteiger partial charge in [-0.15, -0.1) is 24.8 Å². The molecule has 3 rings (SSSR count). The summed E-state index contributed by atoms with van der Waals surface area (Å²) in [6.07, 6.45) is 1.63. The van der Waals surface area contributed by atoms with Gasteiger partial charge in [-0.3, -0.25) is 14.6 Å². The molecule has 1 aliphatic heterocycles. The zero-order chi connectivity index (χ0) is 18.5. The van der Waals surface area contributed by atoms with Crippen LogP contribution in [0, 0.1) is 12.8 Å². The molecule has 1 atom stereocenters. The van der Waals surface area contributed by atoms with Crippen molar-refractivity contribution < 1.29 is 9.59 Å². The summed E-state index contributed by atoms with van der Waals surface area (Å²) < 4.78 is 0. The molecule has 0 aliphatic carbocycles. The molecule has 1 fully saturated rings. The zero-order valence-electron chi connectivity index (χ0n) is 15.7. The van der Waals surface area contributed by atoms with Gasteiger partial charge in [-0.25, -0.2) is 0 Å². The van der Waals surface area contributed by atoms with E-state index in [9.17, 15) is 9.59 Å². The second-order valence-corrected chi connectivity index (χ2v) is 7.29. The number of hydrogen-bond acceptors (Lipinski definition) is 5. The molecular formula is C19H26Cl2N4O2S. The second-order valence-electron chi connectivity index (χ2n) is 6.51. The van der Waals surface area contributed by atoms with Crippen molar-refractivity contribution in [2.75, 3.05) is 26.2 Å². The molecule has 3 heterocycles. The van der Waals surface area contributed by atoms with Gasteiger partial charge in [-0.2, -0.15) is 11.3 Å². The molecule has 0 saturated carbocycles.